The van der Waals surface area contributed by atoms with Gasteiger partial charge >= 0.3 is 0 Å². The van der Waals surface area contributed by atoms with Crippen molar-refractivity contribution in [2.45, 2.75) is 13.0 Å². The Kier molecular flexibility index (Phi) is 6.21. The topological polar surface area (TPSA) is 60.2 Å². The summed E-state index contributed by atoms with van der Waals surface area (Å²) < 4.78 is 7.70. The summed E-state index contributed by atoms with van der Waals surface area (Å²) >= 11 is 0. The number of hydrogen-bond donors (Lipinski definition) is 0. The van der Waals surface area contributed by atoms with E-state index in [4.69, 9.17) is 4.74 Å². The first-order valence-electron chi connectivity index (χ1n) is 11.4. The monoisotopic (exact) mass is 450 g/mol. The number of anilines is 1. The molecule has 0 aliphatic rings. The van der Waals surface area contributed by atoms with E-state index in [1.165, 1.54) is 5.56 Å². The Labute approximate surface area is 198 Å². The molecule has 2 aromatic carbocycles. The van der Waals surface area contributed by atoms with Crippen LogP contribution in [0, 0.1) is 0 Å². The van der Waals surface area contributed by atoms with Gasteiger partial charge in [-0.05, 0) is 72.6 Å². The fraction of sp³-hybridized carbons (Fsp3) is 0.179. The average Bonchev–Trinajstić information content (AvgIpc) is 2.88. The molecule has 34 heavy (non-hydrogen) atoms. The normalized spacial score (nSPS) is 11.1. The van der Waals surface area contributed by atoms with Gasteiger partial charge in [0.2, 0.25) is 0 Å². The summed E-state index contributed by atoms with van der Waals surface area (Å²) in [5.41, 5.74) is 4.24. The zero-order valence-corrected chi connectivity index (χ0v) is 19.1. The molecule has 6 nitrogen and oxygen atoms in total. The Morgan fingerprint density at radius 1 is 0.912 bits per heavy atom. The van der Waals surface area contributed by atoms with Gasteiger partial charge < -0.3 is 14.2 Å². The smallest absolute Gasteiger partial charge is 0.250 e. The Morgan fingerprint density at radius 2 is 1.79 bits per heavy atom. The van der Waals surface area contributed by atoms with E-state index in [1.54, 1.807) is 17.7 Å². The minimum absolute atomic E-state index is 0.0140. The van der Waals surface area contributed by atoms with Crippen LogP contribution in [0.3, 0.4) is 0 Å². The molecule has 0 bridgehead atoms. The van der Waals surface area contributed by atoms with Crippen LogP contribution >= 0.6 is 0 Å². The van der Waals surface area contributed by atoms with Crippen LogP contribution in [0.15, 0.2) is 96.2 Å². The number of rotatable bonds is 8. The maximum absolute atomic E-state index is 11.8. The Bertz CT molecular complexity index is 1480. The molecule has 3 heterocycles. The molecule has 0 amide bonds. The van der Waals surface area contributed by atoms with E-state index in [9.17, 15) is 4.79 Å². The maximum atomic E-state index is 11.8. The highest BCUT2D eigenvalue weighted by molar-refractivity contribution is 5.82. The lowest BCUT2D eigenvalue weighted by molar-refractivity contribution is 0.312. The van der Waals surface area contributed by atoms with Crippen molar-refractivity contribution in [3.05, 3.63) is 107 Å². The number of pyridine rings is 3. The van der Waals surface area contributed by atoms with Gasteiger partial charge in [0, 0.05) is 61.3 Å². The molecule has 0 radical (unpaired) electrons. The highest BCUT2D eigenvalue weighted by Gasteiger charge is 2.10. The van der Waals surface area contributed by atoms with Crippen molar-refractivity contribution >= 4 is 27.5 Å². The molecule has 3 aromatic heterocycles. The third-order valence-electron chi connectivity index (χ3n) is 6.01. The number of fused-ring (bicyclic) bond motifs is 2. The Hall–Kier alpha value is -4.19. The SMILES string of the molecule is Cn1c(=O)ccc2cc(OCCCN(Cc3ccncc3)c3ccc4ncccc4c3)ccc21. The second-order valence-electron chi connectivity index (χ2n) is 8.31. The summed E-state index contributed by atoms with van der Waals surface area (Å²) in [5, 5.41) is 2.12. The number of aromatic nitrogens is 3. The standard InChI is InChI=1S/C28H26N4O2/c1-31-27-9-7-25(19-23(27)5-10-28(31)33)34-17-3-16-32(20-21-11-14-29-15-12-21)24-6-8-26-22(18-24)4-2-13-30-26/h2,4-15,18-19H,3,16-17,20H2,1H3. The van der Waals surface area contributed by atoms with Gasteiger partial charge in [0.15, 0.2) is 0 Å². The van der Waals surface area contributed by atoms with Crippen LogP contribution in [0.2, 0.25) is 0 Å². The molecule has 0 saturated heterocycles. The molecule has 0 atom stereocenters. The van der Waals surface area contributed by atoms with E-state index in [-0.39, 0.29) is 5.56 Å². The molecule has 0 unspecified atom stereocenters. The number of benzene rings is 2. The van der Waals surface area contributed by atoms with E-state index in [0.717, 1.165) is 52.8 Å². The number of ether oxygens (including phenoxy) is 1. The summed E-state index contributed by atoms with van der Waals surface area (Å²) in [6.07, 6.45) is 6.34. The lowest BCUT2D eigenvalue weighted by Crippen LogP contribution is -2.25. The van der Waals surface area contributed by atoms with Crippen LogP contribution in [0.5, 0.6) is 5.75 Å². The minimum Gasteiger partial charge on any atom is -0.494 e. The van der Waals surface area contributed by atoms with E-state index < -0.39 is 0 Å². The zero-order chi connectivity index (χ0) is 23.3. The summed E-state index contributed by atoms with van der Waals surface area (Å²) in [5.74, 6) is 0.809. The van der Waals surface area contributed by atoms with Gasteiger partial charge in [-0.1, -0.05) is 6.07 Å². The third-order valence-corrected chi connectivity index (χ3v) is 6.01. The highest BCUT2D eigenvalue weighted by Crippen LogP contribution is 2.23. The van der Waals surface area contributed by atoms with Crippen molar-refractivity contribution in [1.82, 2.24) is 14.5 Å². The van der Waals surface area contributed by atoms with Crippen LogP contribution in [-0.4, -0.2) is 27.7 Å². The molecule has 0 saturated carbocycles. The number of aryl methyl sites for hydroxylation is 1. The first kappa shape index (κ1) is 21.6. The quantitative estimate of drug-likeness (QED) is 0.313. The molecular formula is C28H26N4O2. The molecule has 0 N–H and O–H groups in total. The van der Waals surface area contributed by atoms with Crippen molar-refractivity contribution in [2.75, 3.05) is 18.1 Å². The van der Waals surface area contributed by atoms with Crippen molar-refractivity contribution in [3.63, 3.8) is 0 Å². The van der Waals surface area contributed by atoms with Gasteiger partial charge in [-0.3, -0.25) is 14.8 Å². The fourth-order valence-corrected chi connectivity index (χ4v) is 4.17. The molecule has 5 aromatic rings. The van der Waals surface area contributed by atoms with Crippen molar-refractivity contribution in [2.24, 2.45) is 7.05 Å². The first-order valence-corrected chi connectivity index (χ1v) is 11.4. The second-order valence-corrected chi connectivity index (χ2v) is 8.31. The highest BCUT2D eigenvalue weighted by atomic mass is 16.5. The molecule has 170 valence electrons. The van der Waals surface area contributed by atoms with Gasteiger partial charge in [-0.2, -0.15) is 0 Å². The van der Waals surface area contributed by atoms with Crippen molar-refractivity contribution in [1.29, 1.82) is 0 Å². The molecule has 0 aliphatic carbocycles. The van der Waals surface area contributed by atoms with Gasteiger partial charge in [0.05, 0.1) is 17.6 Å². The molecule has 0 spiro atoms. The predicted octanol–water partition coefficient (Wildman–Crippen LogP) is 4.96. The lowest BCUT2D eigenvalue weighted by atomic mass is 10.1. The van der Waals surface area contributed by atoms with Crippen LogP contribution in [-0.2, 0) is 13.6 Å². The average molecular weight is 451 g/mol. The third kappa shape index (κ3) is 4.76. The number of nitrogens with zero attached hydrogens (tertiary/aromatic N) is 4. The lowest BCUT2D eigenvalue weighted by Gasteiger charge is -2.25. The largest absolute Gasteiger partial charge is 0.494 e. The molecule has 0 aliphatic heterocycles. The summed E-state index contributed by atoms with van der Waals surface area (Å²) in [6.45, 7) is 2.23. The van der Waals surface area contributed by atoms with E-state index in [1.807, 2.05) is 48.9 Å². The number of hydrogen-bond acceptors (Lipinski definition) is 5. The molecule has 0 fully saturated rings. The van der Waals surface area contributed by atoms with E-state index in [2.05, 4.69) is 51.3 Å². The van der Waals surface area contributed by atoms with Gasteiger partial charge in [0.25, 0.3) is 5.56 Å². The zero-order valence-electron chi connectivity index (χ0n) is 19.1. The minimum atomic E-state index is -0.0140. The van der Waals surface area contributed by atoms with E-state index >= 15 is 0 Å². The molecule has 5 rings (SSSR count). The molecule has 6 heteroatoms. The van der Waals surface area contributed by atoms with E-state index in [0.29, 0.717) is 6.61 Å². The molecular weight excluding hydrogens is 424 g/mol. The van der Waals surface area contributed by atoms with Crippen LogP contribution in [0.4, 0.5) is 5.69 Å². The van der Waals surface area contributed by atoms with Crippen molar-refractivity contribution < 1.29 is 4.74 Å². The summed E-state index contributed by atoms with van der Waals surface area (Å²) in [4.78, 5) is 22.8. The van der Waals surface area contributed by atoms with Gasteiger partial charge in [-0.25, -0.2) is 0 Å². The Balaban J connectivity index is 1.29. The van der Waals surface area contributed by atoms with Gasteiger partial charge in [0.1, 0.15) is 5.75 Å². The van der Waals surface area contributed by atoms with Crippen LogP contribution in [0.1, 0.15) is 12.0 Å². The van der Waals surface area contributed by atoms with Gasteiger partial charge in [-0.15, -0.1) is 0 Å². The summed E-state index contributed by atoms with van der Waals surface area (Å²) in [7, 11) is 1.78. The Morgan fingerprint density at radius 3 is 2.68 bits per heavy atom. The fourth-order valence-electron chi connectivity index (χ4n) is 4.17. The summed E-state index contributed by atoms with van der Waals surface area (Å²) in [6, 6.07) is 23.8. The second kappa shape index (κ2) is 9.75. The first-order chi connectivity index (χ1) is 16.7. The van der Waals surface area contributed by atoms with Crippen LogP contribution in [0.25, 0.3) is 21.8 Å². The predicted molar refractivity (Wildman–Crippen MR) is 136 cm³/mol. The maximum Gasteiger partial charge on any atom is 0.250 e. The van der Waals surface area contributed by atoms with Crippen molar-refractivity contribution in [3.8, 4) is 5.75 Å². The van der Waals surface area contributed by atoms with Crippen LogP contribution < -0.4 is 15.2 Å².